The number of hydrogen-bond donors (Lipinski definition) is 3. The van der Waals surface area contributed by atoms with Crippen LogP contribution < -0.4 is 0 Å². The Balaban J connectivity index is 2.78. The first-order chi connectivity index (χ1) is 5.63. The zero-order valence-corrected chi connectivity index (χ0v) is 6.76. The molecule has 0 atom stereocenters. The number of phenolic OH excluding ortho intramolecular Hbond substituents is 3. The zero-order chi connectivity index (χ0) is 8.88. The Kier molecular flexibility index (Phi) is 1.25. The third-order valence-corrected chi connectivity index (χ3v) is 2.50. The largest absolute Gasteiger partial charge is 0.507 e. The van der Waals surface area contributed by atoms with Crippen LogP contribution in [0.15, 0.2) is 0 Å². The molecule has 2 rings (SSSR count). The lowest BCUT2D eigenvalue weighted by Gasteiger charge is -2.23. The average molecular weight is 166 g/mol. The van der Waals surface area contributed by atoms with Gasteiger partial charge >= 0.3 is 0 Å². The number of aromatic hydroxyl groups is 3. The molecular formula is C9H10O3. The highest BCUT2D eigenvalue weighted by molar-refractivity contribution is 5.64. The van der Waals surface area contributed by atoms with Crippen LogP contribution in [0.5, 0.6) is 17.2 Å². The van der Waals surface area contributed by atoms with Gasteiger partial charge in [-0.3, -0.25) is 0 Å². The minimum absolute atomic E-state index is 0.0634. The summed E-state index contributed by atoms with van der Waals surface area (Å²) in [4.78, 5) is 0. The van der Waals surface area contributed by atoms with Gasteiger partial charge < -0.3 is 15.3 Å². The Morgan fingerprint density at radius 2 is 1.33 bits per heavy atom. The normalized spacial score (nSPS) is 13.8. The second kappa shape index (κ2) is 2.06. The summed E-state index contributed by atoms with van der Waals surface area (Å²) in [6, 6.07) is 0. The molecule has 0 spiro atoms. The highest BCUT2D eigenvalue weighted by Crippen LogP contribution is 2.46. The first kappa shape index (κ1) is 7.28. The van der Waals surface area contributed by atoms with Crippen molar-refractivity contribution in [2.75, 3.05) is 0 Å². The molecule has 12 heavy (non-hydrogen) atoms. The molecule has 0 heterocycles. The number of hydrogen-bond acceptors (Lipinski definition) is 3. The molecule has 0 saturated carbocycles. The van der Waals surface area contributed by atoms with E-state index in [4.69, 9.17) is 0 Å². The lowest BCUT2D eigenvalue weighted by molar-refractivity contribution is 0.379. The van der Waals surface area contributed by atoms with E-state index in [0.717, 1.165) is 18.4 Å². The summed E-state index contributed by atoms with van der Waals surface area (Å²) in [5, 5.41) is 28.2. The van der Waals surface area contributed by atoms with E-state index in [9.17, 15) is 15.3 Å². The lowest BCUT2D eigenvalue weighted by Crippen LogP contribution is -2.09. The molecule has 0 aliphatic heterocycles. The maximum atomic E-state index is 9.47. The minimum Gasteiger partial charge on any atom is -0.507 e. The molecule has 1 aromatic carbocycles. The molecule has 0 bridgehead atoms. The van der Waals surface area contributed by atoms with Gasteiger partial charge in [0.05, 0.1) is 0 Å². The maximum absolute atomic E-state index is 9.47. The third-order valence-electron chi connectivity index (χ3n) is 2.50. The van der Waals surface area contributed by atoms with Crippen molar-refractivity contribution in [3.63, 3.8) is 0 Å². The summed E-state index contributed by atoms with van der Waals surface area (Å²) >= 11 is 0. The number of phenols is 3. The van der Waals surface area contributed by atoms with E-state index in [-0.39, 0.29) is 17.2 Å². The molecule has 0 fully saturated rings. The topological polar surface area (TPSA) is 60.7 Å². The van der Waals surface area contributed by atoms with Gasteiger partial charge in [-0.15, -0.1) is 0 Å². The quantitative estimate of drug-likeness (QED) is 0.401. The summed E-state index contributed by atoms with van der Waals surface area (Å²) in [6.07, 6.45) is 1.53. The van der Waals surface area contributed by atoms with E-state index in [0.29, 0.717) is 11.1 Å². The van der Waals surface area contributed by atoms with Crippen LogP contribution in [-0.2, 0) is 12.8 Å². The van der Waals surface area contributed by atoms with Crippen LogP contribution in [0.1, 0.15) is 16.7 Å². The van der Waals surface area contributed by atoms with Crippen molar-refractivity contribution >= 4 is 0 Å². The van der Waals surface area contributed by atoms with Gasteiger partial charge in [0, 0.05) is 16.7 Å². The van der Waals surface area contributed by atoms with E-state index in [1.165, 1.54) is 0 Å². The highest BCUT2D eigenvalue weighted by atomic mass is 16.3. The summed E-state index contributed by atoms with van der Waals surface area (Å²) < 4.78 is 0. The second-order valence-electron chi connectivity index (χ2n) is 3.13. The van der Waals surface area contributed by atoms with Crippen molar-refractivity contribution in [1.29, 1.82) is 0 Å². The van der Waals surface area contributed by atoms with Gasteiger partial charge in [0.2, 0.25) is 0 Å². The predicted molar refractivity (Wildman–Crippen MR) is 43.6 cm³/mol. The Labute approximate surface area is 69.9 Å². The molecule has 1 aliphatic rings. The van der Waals surface area contributed by atoms with Crippen molar-refractivity contribution in [3.8, 4) is 17.2 Å². The highest BCUT2D eigenvalue weighted by Gasteiger charge is 2.26. The fourth-order valence-corrected chi connectivity index (χ4v) is 1.56. The molecule has 0 amide bonds. The van der Waals surface area contributed by atoms with Gasteiger partial charge in [0.15, 0.2) is 11.5 Å². The minimum atomic E-state index is -0.189. The molecule has 0 aromatic heterocycles. The van der Waals surface area contributed by atoms with Gasteiger partial charge in [-0.25, -0.2) is 0 Å². The van der Waals surface area contributed by atoms with Gasteiger partial charge in [-0.1, -0.05) is 0 Å². The van der Waals surface area contributed by atoms with Crippen LogP contribution in [0.4, 0.5) is 0 Å². The monoisotopic (exact) mass is 166 g/mol. The van der Waals surface area contributed by atoms with Crippen molar-refractivity contribution in [2.24, 2.45) is 0 Å². The van der Waals surface area contributed by atoms with Crippen LogP contribution in [0.25, 0.3) is 0 Å². The fraction of sp³-hybridized carbons (Fsp3) is 0.333. The van der Waals surface area contributed by atoms with E-state index in [1.54, 1.807) is 6.92 Å². The molecule has 3 heteroatoms. The summed E-state index contributed by atoms with van der Waals surface area (Å²) in [7, 11) is 0. The maximum Gasteiger partial charge on any atom is 0.164 e. The van der Waals surface area contributed by atoms with Crippen LogP contribution in [0, 0.1) is 6.92 Å². The molecule has 3 N–H and O–H groups in total. The summed E-state index contributed by atoms with van der Waals surface area (Å²) in [5.41, 5.74) is 1.84. The smallest absolute Gasteiger partial charge is 0.164 e. The van der Waals surface area contributed by atoms with Gasteiger partial charge in [0.25, 0.3) is 0 Å². The van der Waals surface area contributed by atoms with Crippen molar-refractivity contribution in [3.05, 3.63) is 16.7 Å². The standard InChI is InChI=1S/C9H10O3/c1-4-7(10)5-2-3-6(5)9(12)8(4)11/h10-12H,2-3H2,1H3. The summed E-state index contributed by atoms with van der Waals surface area (Å²) in [6.45, 7) is 1.59. The number of benzene rings is 1. The first-order valence-corrected chi connectivity index (χ1v) is 3.88. The molecule has 1 aliphatic carbocycles. The Morgan fingerprint density at radius 3 is 1.83 bits per heavy atom. The molecule has 1 aromatic rings. The van der Waals surface area contributed by atoms with Crippen LogP contribution in [-0.4, -0.2) is 15.3 Å². The van der Waals surface area contributed by atoms with E-state index in [1.807, 2.05) is 0 Å². The van der Waals surface area contributed by atoms with Crippen molar-refractivity contribution in [1.82, 2.24) is 0 Å². The Bertz CT molecular complexity index is 265. The van der Waals surface area contributed by atoms with Crippen LogP contribution >= 0.6 is 0 Å². The zero-order valence-electron chi connectivity index (χ0n) is 6.76. The van der Waals surface area contributed by atoms with Crippen molar-refractivity contribution in [2.45, 2.75) is 19.8 Å². The van der Waals surface area contributed by atoms with E-state index < -0.39 is 0 Å². The predicted octanol–water partition coefficient (Wildman–Crippen LogP) is 1.21. The van der Waals surface area contributed by atoms with Crippen LogP contribution in [0.2, 0.25) is 0 Å². The number of fused-ring (bicyclic) bond motifs is 1. The fourth-order valence-electron chi connectivity index (χ4n) is 1.56. The summed E-state index contributed by atoms with van der Waals surface area (Å²) in [5.74, 6) is -0.121. The van der Waals surface area contributed by atoms with Gasteiger partial charge in [-0.2, -0.15) is 0 Å². The van der Waals surface area contributed by atoms with E-state index >= 15 is 0 Å². The molecule has 0 unspecified atom stereocenters. The van der Waals surface area contributed by atoms with Crippen molar-refractivity contribution < 1.29 is 15.3 Å². The van der Waals surface area contributed by atoms with Gasteiger partial charge in [-0.05, 0) is 19.8 Å². The Morgan fingerprint density at radius 1 is 0.833 bits per heavy atom. The first-order valence-electron chi connectivity index (χ1n) is 3.88. The second-order valence-corrected chi connectivity index (χ2v) is 3.13. The third kappa shape index (κ3) is 0.656. The van der Waals surface area contributed by atoms with Gasteiger partial charge in [0.1, 0.15) is 5.75 Å². The molecule has 64 valence electrons. The van der Waals surface area contributed by atoms with Crippen LogP contribution in [0.3, 0.4) is 0 Å². The van der Waals surface area contributed by atoms with E-state index in [2.05, 4.69) is 0 Å². The molecule has 3 nitrogen and oxygen atoms in total. The number of rotatable bonds is 0. The lowest BCUT2D eigenvalue weighted by atomic mass is 9.85. The molecule has 0 radical (unpaired) electrons. The Hall–Kier alpha value is -1.38. The molecule has 0 saturated heterocycles. The molecular weight excluding hydrogens is 156 g/mol. The SMILES string of the molecule is Cc1c(O)c(O)c2c(c1O)CC2. The average Bonchev–Trinajstić information content (AvgIpc) is 1.97.